The first-order valence-electron chi connectivity index (χ1n) is 6.83. The quantitative estimate of drug-likeness (QED) is 0.820. The lowest BCUT2D eigenvalue weighted by Crippen LogP contribution is -2.24. The second-order valence-electron chi connectivity index (χ2n) is 4.68. The Labute approximate surface area is 120 Å². The Balaban J connectivity index is 2.19. The molecule has 0 aliphatic carbocycles. The van der Waals surface area contributed by atoms with Crippen LogP contribution in [0, 0.1) is 0 Å². The molecule has 106 valence electrons. The normalized spacial score (nSPS) is 10.3. The molecule has 4 heteroatoms. The molecule has 1 aromatic heterocycles. The van der Waals surface area contributed by atoms with Crippen molar-refractivity contribution in [3.8, 4) is 5.75 Å². The number of ether oxygens (including phenoxy) is 1. The van der Waals surface area contributed by atoms with Crippen LogP contribution in [0.25, 0.3) is 0 Å². The fraction of sp³-hybridized carbons (Fsp3) is 0.312. The van der Waals surface area contributed by atoms with Crippen molar-refractivity contribution in [2.45, 2.75) is 19.9 Å². The van der Waals surface area contributed by atoms with E-state index in [2.05, 4.69) is 22.9 Å². The zero-order valence-corrected chi connectivity index (χ0v) is 12.0. The minimum Gasteiger partial charge on any atom is -0.495 e. The lowest BCUT2D eigenvalue weighted by atomic mass is 10.1. The second-order valence-corrected chi connectivity index (χ2v) is 4.68. The summed E-state index contributed by atoms with van der Waals surface area (Å²) in [7, 11) is 1.64. The van der Waals surface area contributed by atoms with E-state index in [4.69, 9.17) is 10.5 Å². The molecule has 1 heterocycles. The Morgan fingerprint density at radius 1 is 1.20 bits per heavy atom. The van der Waals surface area contributed by atoms with Gasteiger partial charge in [-0.1, -0.05) is 25.1 Å². The molecule has 2 rings (SSSR count). The van der Waals surface area contributed by atoms with Crippen LogP contribution < -0.4 is 15.4 Å². The molecule has 0 unspecified atom stereocenters. The molecule has 0 aliphatic rings. The number of nitrogens with two attached hydrogens (primary N) is 1. The monoisotopic (exact) mass is 271 g/mol. The maximum Gasteiger partial charge on any atom is 0.137 e. The summed E-state index contributed by atoms with van der Waals surface area (Å²) in [5.41, 5.74) is 7.97. The van der Waals surface area contributed by atoms with Gasteiger partial charge >= 0.3 is 0 Å². The number of rotatable bonds is 6. The summed E-state index contributed by atoms with van der Waals surface area (Å²) in [5, 5.41) is 0. The molecule has 4 nitrogen and oxygen atoms in total. The van der Waals surface area contributed by atoms with Crippen LogP contribution >= 0.6 is 0 Å². The number of para-hydroxylation sites is 1. The molecular formula is C16H21N3O. The van der Waals surface area contributed by atoms with Gasteiger partial charge in [-0.15, -0.1) is 0 Å². The second kappa shape index (κ2) is 6.80. The number of anilines is 2. The Kier molecular flexibility index (Phi) is 4.82. The van der Waals surface area contributed by atoms with Crippen LogP contribution in [0.4, 0.5) is 11.5 Å². The molecule has 0 aliphatic heterocycles. The highest BCUT2D eigenvalue weighted by Crippen LogP contribution is 2.20. The minimum absolute atomic E-state index is 0.764. The minimum atomic E-state index is 0.764. The number of pyridine rings is 1. The Hall–Kier alpha value is -2.23. The van der Waals surface area contributed by atoms with E-state index < -0.39 is 0 Å². The highest BCUT2D eigenvalue weighted by molar-refractivity contribution is 5.50. The summed E-state index contributed by atoms with van der Waals surface area (Å²) < 4.78 is 5.15. The van der Waals surface area contributed by atoms with Gasteiger partial charge in [0.1, 0.15) is 11.6 Å². The van der Waals surface area contributed by atoms with Crippen LogP contribution in [0.15, 0.2) is 42.6 Å². The van der Waals surface area contributed by atoms with Gasteiger partial charge in [-0.25, -0.2) is 4.98 Å². The van der Waals surface area contributed by atoms with Gasteiger partial charge in [0.05, 0.1) is 13.3 Å². The number of nitrogen functional groups attached to an aromatic ring is 1. The van der Waals surface area contributed by atoms with Crippen LogP contribution in [0.5, 0.6) is 5.75 Å². The van der Waals surface area contributed by atoms with Gasteiger partial charge < -0.3 is 15.4 Å². The molecule has 2 N–H and O–H groups in total. The zero-order valence-electron chi connectivity index (χ0n) is 12.0. The van der Waals surface area contributed by atoms with Crippen LogP contribution in [-0.2, 0) is 6.54 Å². The lowest BCUT2D eigenvalue weighted by molar-refractivity contribution is 0.413. The Morgan fingerprint density at radius 3 is 2.60 bits per heavy atom. The van der Waals surface area contributed by atoms with Crippen LogP contribution in [-0.4, -0.2) is 18.6 Å². The van der Waals surface area contributed by atoms with Gasteiger partial charge in [0, 0.05) is 18.8 Å². The van der Waals surface area contributed by atoms with Crippen molar-refractivity contribution < 1.29 is 4.74 Å². The standard InChI is InChI=1S/C16H21N3O/c1-3-10-19(12-13-6-4-5-7-15(13)17)16-9-8-14(20-2)11-18-16/h4-9,11H,3,10,12,17H2,1-2H3. The molecule has 0 saturated heterocycles. The van der Waals surface area contributed by atoms with Crippen molar-refractivity contribution in [3.05, 3.63) is 48.2 Å². The third-order valence-electron chi connectivity index (χ3n) is 3.19. The van der Waals surface area contributed by atoms with Gasteiger partial charge in [0.25, 0.3) is 0 Å². The molecule has 0 radical (unpaired) electrons. The predicted molar refractivity (Wildman–Crippen MR) is 83.0 cm³/mol. The van der Waals surface area contributed by atoms with Crippen molar-refractivity contribution in [2.75, 3.05) is 24.3 Å². The zero-order chi connectivity index (χ0) is 14.4. The van der Waals surface area contributed by atoms with E-state index in [1.807, 2.05) is 30.3 Å². The summed E-state index contributed by atoms with van der Waals surface area (Å²) in [6.45, 7) is 3.86. The largest absolute Gasteiger partial charge is 0.495 e. The molecule has 0 spiro atoms. The topological polar surface area (TPSA) is 51.4 Å². The molecule has 2 aromatic rings. The van der Waals surface area contributed by atoms with Gasteiger partial charge in [0.2, 0.25) is 0 Å². The average Bonchev–Trinajstić information content (AvgIpc) is 2.49. The average molecular weight is 271 g/mol. The van der Waals surface area contributed by atoms with Gasteiger partial charge in [0.15, 0.2) is 0 Å². The summed E-state index contributed by atoms with van der Waals surface area (Å²) >= 11 is 0. The van der Waals surface area contributed by atoms with E-state index in [9.17, 15) is 0 Å². The molecule has 20 heavy (non-hydrogen) atoms. The number of hydrogen-bond acceptors (Lipinski definition) is 4. The number of methoxy groups -OCH3 is 1. The maximum atomic E-state index is 6.02. The molecular weight excluding hydrogens is 250 g/mol. The summed E-state index contributed by atoms with van der Waals surface area (Å²) in [5.74, 6) is 1.71. The van der Waals surface area contributed by atoms with E-state index in [0.29, 0.717) is 0 Å². The Bertz CT molecular complexity index is 540. The fourth-order valence-corrected chi connectivity index (χ4v) is 2.11. The smallest absolute Gasteiger partial charge is 0.137 e. The van der Waals surface area contributed by atoms with E-state index in [0.717, 1.165) is 42.3 Å². The van der Waals surface area contributed by atoms with Crippen molar-refractivity contribution >= 4 is 11.5 Å². The first-order valence-corrected chi connectivity index (χ1v) is 6.83. The van der Waals surface area contributed by atoms with E-state index >= 15 is 0 Å². The molecule has 1 aromatic carbocycles. The molecule has 0 fully saturated rings. The van der Waals surface area contributed by atoms with Gasteiger partial charge in [-0.3, -0.25) is 0 Å². The first-order chi connectivity index (χ1) is 9.74. The highest BCUT2D eigenvalue weighted by atomic mass is 16.5. The molecule has 0 amide bonds. The third kappa shape index (κ3) is 3.41. The summed E-state index contributed by atoms with van der Waals surface area (Å²) in [6, 6.07) is 11.9. The Morgan fingerprint density at radius 2 is 2.00 bits per heavy atom. The predicted octanol–water partition coefficient (Wildman–Crippen LogP) is 3.09. The van der Waals surface area contributed by atoms with Crippen molar-refractivity contribution in [1.82, 2.24) is 4.98 Å². The summed E-state index contributed by atoms with van der Waals surface area (Å²) in [4.78, 5) is 6.68. The first kappa shape index (κ1) is 14.2. The number of hydrogen-bond donors (Lipinski definition) is 1. The lowest BCUT2D eigenvalue weighted by Gasteiger charge is -2.24. The molecule has 0 atom stereocenters. The van der Waals surface area contributed by atoms with Crippen molar-refractivity contribution in [2.24, 2.45) is 0 Å². The maximum absolute atomic E-state index is 6.02. The summed E-state index contributed by atoms with van der Waals surface area (Å²) in [6.07, 6.45) is 2.80. The van der Waals surface area contributed by atoms with Crippen molar-refractivity contribution in [3.63, 3.8) is 0 Å². The van der Waals surface area contributed by atoms with Crippen LogP contribution in [0.1, 0.15) is 18.9 Å². The highest BCUT2D eigenvalue weighted by Gasteiger charge is 2.09. The van der Waals surface area contributed by atoms with Gasteiger partial charge in [-0.2, -0.15) is 0 Å². The van der Waals surface area contributed by atoms with E-state index in [1.165, 1.54) is 0 Å². The fourth-order valence-electron chi connectivity index (χ4n) is 2.11. The van der Waals surface area contributed by atoms with Crippen molar-refractivity contribution in [1.29, 1.82) is 0 Å². The van der Waals surface area contributed by atoms with Crippen LogP contribution in [0.3, 0.4) is 0 Å². The number of benzene rings is 1. The number of nitrogens with zero attached hydrogens (tertiary/aromatic N) is 2. The van der Waals surface area contributed by atoms with E-state index in [-0.39, 0.29) is 0 Å². The van der Waals surface area contributed by atoms with Crippen LogP contribution in [0.2, 0.25) is 0 Å². The SMILES string of the molecule is CCCN(Cc1ccccc1N)c1ccc(OC)cn1. The third-order valence-corrected chi connectivity index (χ3v) is 3.19. The number of aromatic nitrogens is 1. The molecule has 0 bridgehead atoms. The van der Waals surface area contributed by atoms with E-state index in [1.54, 1.807) is 13.3 Å². The molecule has 0 saturated carbocycles. The van der Waals surface area contributed by atoms with Gasteiger partial charge in [-0.05, 0) is 30.2 Å².